The van der Waals surface area contributed by atoms with Crippen LogP contribution in [0.1, 0.15) is 13.3 Å². The van der Waals surface area contributed by atoms with Crippen LogP contribution in [-0.4, -0.2) is 24.7 Å². The largest absolute Gasteiger partial charge is 0.389 e. The van der Waals surface area contributed by atoms with Crippen molar-refractivity contribution in [1.29, 1.82) is 0 Å². The molecule has 0 bridgehead atoms. The number of ether oxygens (including phenoxy) is 1. The second-order valence-electron chi connectivity index (χ2n) is 2.77. The van der Waals surface area contributed by atoms with Gasteiger partial charge in [0, 0.05) is 7.11 Å². The van der Waals surface area contributed by atoms with Crippen molar-refractivity contribution in [2.75, 3.05) is 24.8 Å². The quantitative estimate of drug-likeness (QED) is 0.759. The van der Waals surface area contributed by atoms with Crippen LogP contribution in [0.25, 0.3) is 0 Å². The summed E-state index contributed by atoms with van der Waals surface area (Å²) < 4.78 is 5.06. The van der Waals surface area contributed by atoms with Gasteiger partial charge in [0.15, 0.2) is 5.13 Å². The third kappa shape index (κ3) is 3.20. The number of nitrogens with zero attached hydrogens (tertiary/aromatic N) is 1. The Morgan fingerprint density at radius 1 is 1.77 bits per heavy atom. The lowest BCUT2D eigenvalue weighted by atomic mass is 10.2. The summed E-state index contributed by atoms with van der Waals surface area (Å²) in [5.74, 6) is 0. The normalized spacial score (nSPS) is 12.8. The van der Waals surface area contributed by atoms with Crippen molar-refractivity contribution in [2.45, 2.75) is 19.4 Å². The first-order chi connectivity index (χ1) is 6.26. The van der Waals surface area contributed by atoms with Crippen LogP contribution in [0.5, 0.6) is 0 Å². The molecular formula is C8H15N3OS. The van der Waals surface area contributed by atoms with Crippen LogP contribution in [-0.2, 0) is 4.74 Å². The number of methoxy groups -OCH3 is 1. The molecule has 0 saturated carbocycles. The molecule has 0 spiro atoms. The zero-order chi connectivity index (χ0) is 9.68. The highest BCUT2D eigenvalue weighted by Crippen LogP contribution is 2.20. The molecule has 0 amide bonds. The van der Waals surface area contributed by atoms with E-state index in [1.165, 1.54) is 11.3 Å². The van der Waals surface area contributed by atoms with Gasteiger partial charge in [0.2, 0.25) is 0 Å². The Kier molecular flexibility index (Phi) is 3.98. The summed E-state index contributed by atoms with van der Waals surface area (Å²) in [6, 6.07) is 0.315. The summed E-state index contributed by atoms with van der Waals surface area (Å²) in [6.07, 6.45) is 2.67. The van der Waals surface area contributed by atoms with Crippen molar-refractivity contribution in [1.82, 2.24) is 4.98 Å². The average molecular weight is 201 g/mol. The van der Waals surface area contributed by atoms with E-state index in [1.807, 2.05) is 0 Å². The Bertz CT molecular complexity index is 251. The molecule has 1 aromatic heterocycles. The van der Waals surface area contributed by atoms with Crippen molar-refractivity contribution in [3.05, 3.63) is 6.20 Å². The van der Waals surface area contributed by atoms with Crippen LogP contribution in [0.3, 0.4) is 0 Å². The molecule has 74 valence electrons. The highest BCUT2D eigenvalue weighted by atomic mass is 32.1. The van der Waals surface area contributed by atoms with Gasteiger partial charge in [-0.3, -0.25) is 0 Å². The van der Waals surface area contributed by atoms with Crippen molar-refractivity contribution >= 4 is 21.5 Å². The summed E-state index contributed by atoms with van der Waals surface area (Å²) in [4.78, 5) is 4.11. The molecule has 1 unspecified atom stereocenters. The van der Waals surface area contributed by atoms with Gasteiger partial charge in [-0.25, -0.2) is 4.98 Å². The summed E-state index contributed by atoms with van der Waals surface area (Å²) in [7, 11) is 1.69. The van der Waals surface area contributed by atoms with Gasteiger partial charge in [0.1, 0.15) is 5.00 Å². The molecule has 1 heterocycles. The van der Waals surface area contributed by atoms with Gasteiger partial charge < -0.3 is 15.8 Å². The fourth-order valence-electron chi connectivity index (χ4n) is 0.991. The van der Waals surface area contributed by atoms with E-state index in [-0.39, 0.29) is 0 Å². The Labute approximate surface area is 82.1 Å². The predicted molar refractivity (Wildman–Crippen MR) is 56.1 cm³/mol. The summed E-state index contributed by atoms with van der Waals surface area (Å²) in [5.41, 5.74) is 5.55. The Balaban J connectivity index is 2.46. The number of anilines is 2. The highest BCUT2D eigenvalue weighted by molar-refractivity contribution is 7.19. The zero-order valence-electron chi connectivity index (χ0n) is 7.91. The van der Waals surface area contributed by atoms with Gasteiger partial charge in [-0.15, -0.1) is 0 Å². The molecule has 0 fully saturated rings. The lowest BCUT2D eigenvalue weighted by molar-refractivity contribution is 0.184. The van der Waals surface area contributed by atoms with Crippen molar-refractivity contribution in [3.8, 4) is 0 Å². The van der Waals surface area contributed by atoms with Gasteiger partial charge in [-0.2, -0.15) is 0 Å². The molecule has 0 aliphatic carbocycles. The lowest BCUT2D eigenvalue weighted by Gasteiger charge is -2.14. The lowest BCUT2D eigenvalue weighted by Crippen LogP contribution is -2.23. The molecule has 3 N–H and O–H groups in total. The van der Waals surface area contributed by atoms with Crippen LogP contribution in [0.4, 0.5) is 10.1 Å². The first kappa shape index (κ1) is 10.3. The molecule has 13 heavy (non-hydrogen) atoms. The number of hydrogen-bond acceptors (Lipinski definition) is 5. The minimum absolute atomic E-state index is 0.315. The van der Waals surface area contributed by atoms with Crippen LogP contribution < -0.4 is 11.1 Å². The van der Waals surface area contributed by atoms with E-state index >= 15 is 0 Å². The SMILES string of the molecule is CCC(COC)Nc1ncc(N)s1. The fourth-order valence-corrected chi connectivity index (χ4v) is 1.65. The number of thiazole rings is 1. The second kappa shape index (κ2) is 5.04. The van der Waals surface area contributed by atoms with Gasteiger partial charge >= 0.3 is 0 Å². The summed E-state index contributed by atoms with van der Waals surface area (Å²) in [6.45, 7) is 2.80. The van der Waals surface area contributed by atoms with E-state index in [9.17, 15) is 0 Å². The van der Waals surface area contributed by atoms with E-state index in [1.54, 1.807) is 13.3 Å². The van der Waals surface area contributed by atoms with Crippen molar-refractivity contribution < 1.29 is 4.74 Å². The number of rotatable bonds is 5. The van der Waals surface area contributed by atoms with Crippen LogP contribution in [0.2, 0.25) is 0 Å². The molecule has 1 aromatic rings. The zero-order valence-corrected chi connectivity index (χ0v) is 8.73. The molecular weight excluding hydrogens is 186 g/mol. The molecule has 1 atom stereocenters. The standard InChI is InChI=1S/C8H15N3OS/c1-3-6(5-12-2)11-8-10-4-7(9)13-8/h4,6H,3,5,9H2,1-2H3,(H,10,11). The van der Waals surface area contributed by atoms with Crippen LogP contribution in [0.15, 0.2) is 6.20 Å². The van der Waals surface area contributed by atoms with E-state index < -0.39 is 0 Å². The van der Waals surface area contributed by atoms with Crippen LogP contribution in [0, 0.1) is 0 Å². The Morgan fingerprint density at radius 2 is 2.54 bits per heavy atom. The van der Waals surface area contributed by atoms with E-state index in [0.717, 1.165) is 16.6 Å². The first-order valence-corrected chi connectivity index (χ1v) is 5.04. The van der Waals surface area contributed by atoms with Gasteiger partial charge in [-0.05, 0) is 6.42 Å². The van der Waals surface area contributed by atoms with Gasteiger partial charge in [0.05, 0.1) is 18.8 Å². The Hall–Kier alpha value is -0.810. The minimum atomic E-state index is 0.315. The monoisotopic (exact) mass is 201 g/mol. The maximum absolute atomic E-state index is 5.55. The number of nitrogens with two attached hydrogens (primary N) is 1. The topological polar surface area (TPSA) is 60.2 Å². The van der Waals surface area contributed by atoms with E-state index in [4.69, 9.17) is 10.5 Å². The molecule has 0 radical (unpaired) electrons. The number of nitrogens with one attached hydrogen (secondary N) is 1. The molecule has 0 aliphatic rings. The minimum Gasteiger partial charge on any atom is -0.389 e. The molecule has 1 rings (SSSR count). The Morgan fingerprint density at radius 3 is 3.00 bits per heavy atom. The molecule has 5 heteroatoms. The summed E-state index contributed by atoms with van der Waals surface area (Å²) in [5, 5.41) is 4.85. The average Bonchev–Trinajstić information content (AvgIpc) is 2.50. The third-order valence-electron chi connectivity index (χ3n) is 1.71. The number of hydrogen-bond donors (Lipinski definition) is 2. The van der Waals surface area contributed by atoms with Gasteiger partial charge in [-0.1, -0.05) is 18.3 Å². The van der Waals surface area contributed by atoms with Gasteiger partial charge in [0.25, 0.3) is 0 Å². The summed E-state index contributed by atoms with van der Waals surface area (Å²) >= 11 is 1.46. The predicted octanol–water partition coefficient (Wildman–Crippen LogP) is 1.56. The van der Waals surface area contributed by atoms with E-state index in [2.05, 4.69) is 17.2 Å². The molecule has 4 nitrogen and oxygen atoms in total. The first-order valence-electron chi connectivity index (χ1n) is 4.23. The third-order valence-corrected chi connectivity index (χ3v) is 2.47. The maximum Gasteiger partial charge on any atom is 0.184 e. The van der Waals surface area contributed by atoms with Crippen molar-refractivity contribution in [2.24, 2.45) is 0 Å². The fraction of sp³-hybridized carbons (Fsp3) is 0.625. The highest BCUT2D eigenvalue weighted by Gasteiger charge is 2.07. The maximum atomic E-state index is 5.55. The van der Waals surface area contributed by atoms with E-state index in [0.29, 0.717) is 12.6 Å². The molecule has 0 aromatic carbocycles. The second-order valence-corrected chi connectivity index (χ2v) is 3.83. The van der Waals surface area contributed by atoms with Crippen molar-refractivity contribution in [3.63, 3.8) is 0 Å². The molecule has 0 aliphatic heterocycles. The smallest absolute Gasteiger partial charge is 0.184 e. The number of aromatic nitrogens is 1. The van der Waals surface area contributed by atoms with Crippen LogP contribution >= 0.6 is 11.3 Å². The number of nitrogen functional groups attached to an aromatic ring is 1. The molecule has 0 saturated heterocycles.